The Bertz CT molecular complexity index is 1170. The summed E-state index contributed by atoms with van der Waals surface area (Å²) in [4.78, 5) is 39.0. The van der Waals surface area contributed by atoms with E-state index < -0.39 is 28.9 Å². The van der Waals surface area contributed by atoms with Crippen molar-refractivity contribution < 1.29 is 34.1 Å². The first-order valence-electron chi connectivity index (χ1n) is 13.1. The zero-order chi connectivity index (χ0) is 26.8. The molecule has 7 heteroatoms. The maximum absolute atomic E-state index is 13.4. The second kappa shape index (κ2) is 10.8. The molecule has 2 fully saturated rings. The molecule has 0 amide bonds. The van der Waals surface area contributed by atoms with E-state index in [0.717, 1.165) is 25.7 Å². The molecule has 0 radical (unpaired) electrons. The van der Waals surface area contributed by atoms with Crippen molar-refractivity contribution in [2.45, 2.75) is 69.5 Å². The summed E-state index contributed by atoms with van der Waals surface area (Å²) in [6.07, 6.45) is 5.07. The van der Waals surface area contributed by atoms with Crippen LogP contribution >= 0.6 is 0 Å². The molecule has 198 valence electrons. The van der Waals surface area contributed by atoms with Gasteiger partial charge in [0, 0.05) is 16.7 Å². The Morgan fingerprint density at radius 1 is 0.811 bits per heavy atom. The van der Waals surface area contributed by atoms with E-state index in [0.29, 0.717) is 47.3 Å². The van der Waals surface area contributed by atoms with E-state index in [1.54, 1.807) is 49.6 Å². The van der Waals surface area contributed by atoms with Gasteiger partial charge >= 0.3 is 5.97 Å². The van der Waals surface area contributed by atoms with Gasteiger partial charge in [-0.05, 0) is 55.4 Å². The molecule has 0 aliphatic heterocycles. The van der Waals surface area contributed by atoms with Crippen LogP contribution in [0, 0.1) is 11.8 Å². The number of carbonyl (C=O) groups is 3. The van der Waals surface area contributed by atoms with Gasteiger partial charge in [-0.1, -0.05) is 56.9 Å². The number of ether oxygens (including phenoxy) is 2. The van der Waals surface area contributed by atoms with Crippen molar-refractivity contribution >= 4 is 17.5 Å². The zero-order valence-electron chi connectivity index (χ0n) is 21.8. The lowest BCUT2D eigenvalue weighted by atomic mass is 9.71. The van der Waals surface area contributed by atoms with Gasteiger partial charge in [0.05, 0.1) is 20.1 Å². The fraction of sp³-hybridized carbons (Fsp3) is 0.500. The van der Waals surface area contributed by atoms with Gasteiger partial charge in [0.15, 0.2) is 11.6 Å². The molecule has 0 saturated heterocycles. The van der Waals surface area contributed by atoms with Crippen LogP contribution in [0.1, 0.15) is 79.0 Å². The third kappa shape index (κ3) is 4.94. The first-order chi connectivity index (χ1) is 17.7. The average molecular weight is 509 g/mol. The summed E-state index contributed by atoms with van der Waals surface area (Å²) >= 11 is 0. The van der Waals surface area contributed by atoms with Gasteiger partial charge in [-0.3, -0.25) is 14.4 Å². The van der Waals surface area contributed by atoms with Crippen LogP contribution in [0.2, 0.25) is 0 Å². The minimum atomic E-state index is -1.80. The first kappa shape index (κ1) is 27.0. The number of Topliss-reactive ketones (excluding diaryl/α,β-unsaturated/α-hetero) is 2. The van der Waals surface area contributed by atoms with E-state index in [-0.39, 0.29) is 18.1 Å². The molecular formula is C30H36O7. The number of ketones is 2. The largest absolute Gasteiger partial charge is 0.496 e. The fourth-order valence-corrected chi connectivity index (χ4v) is 5.93. The van der Waals surface area contributed by atoms with Crippen molar-refractivity contribution in [3.8, 4) is 16.9 Å². The molecule has 2 saturated carbocycles. The summed E-state index contributed by atoms with van der Waals surface area (Å²) in [6.45, 7) is 1.92. The summed E-state index contributed by atoms with van der Waals surface area (Å²) in [5, 5.41) is 22.5. The smallest absolute Gasteiger partial charge is 0.312 e. The number of aliphatic hydroxyl groups is 2. The highest BCUT2D eigenvalue weighted by atomic mass is 16.5. The Hall–Kier alpha value is -3.03. The van der Waals surface area contributed by atoms with Crippen molar-refractivity contribution in [1.82, 2.24) is 0 Å². The Labute approximate surface area is 217 Å². The molecule has 7 nitrogen and oxygen atoms in total. The minimum absolute atomic E-state index is 0.121. The molecule has 2 aromatic carbocycles. The molecule has 2 N–H and O–H groups in total. The monoisotopic (exact) mass is 508 g/mol. The lowest BCUT2D eigenvalue weighted by molar-refractivity contribution is -0.155. The molecule has 4 atom stereocenters. The van der Waals surface area contributed by atoms with Gasteiger partial charge in [-0.25, -0.2) is 0 Å². The highest BCUT2D eigenvalue weighted by Gasteiger charge is 2.49. The quantitative estimate of drug-likeness (QED) is 0.410. The SMILES string of the molecule is COC(=O)C1CCCCC1(O)C(=O)c1ccc(-c2cc(C(=O)C3(O)CCCCC3C)ccc2OC)cc1. The predicted octanol–water partition coefficient (Wildman–Crippen LogP) is 4.76. The third-order valence-electron chi connectivity index (χ3n) is 8.33. The maximum Gasteiger partial charge on any atom is 0.312 e. The highest BCUT2D eigenvalue weighted by molar-refractivity contribution is 6.06. The van der Waals surface area contributed by atoms with Gasteiger partial charge < -0.3 is 19.7 Å². The second-order valence-electron chi connectivity index (χ2n) is 10.5. The van der Waals surface area contributed by atoms with Gasteiger partial charge in [0.2, 0.25) is 0 Å². The molecule has 37 heavy (non-hydrogen) atoms. The van der Waals surface area contributed by atoms with Crippen LogP contribution in [0.3, 0.4) is 0 Å². The lowest BCUT2D eigenvalue weighted by Crippen LogP contribution is -2.51. The van der Waals surface area contributed by atoms with Crippen molar-refractivity contribution in [2.24, 2.45) is 11.8 Å². The van der Waals surface area contributed by atoms with Crippen molar-refractivity contribution in [3.05, 3.63) is 53.6 Å². The summed E-state index contributed by atoms with van der Waals surface area (Å²) < 4.78 is 10.4. The topological polar surface area (TPSA) is 110 Å². The number of hydrogen-bond acceptors (Lipinski definition) is 7. The fourth-order valence-electron chi connectivity index (χ4n) is 5.93. The number of hydrogen-bond donors (Lipinski definition) is 2. The van der Waals surface area contributed by atoms with E-state index in [9.17, 15) is 24.6 Å². The molecule has 2 aliphatic carbocycles. The van der Waals surface area contributed by atoms with E-state index in [2.05, 4.69) is 0 Å². The Balaban J connectivity index is 1.64. The van der Waals surface area contributed by atoms with E-state index >= 15 is 0 Å². The molecule has 0 aromatic heterocycles. The van der Waals surface area contributed by atoms with Gasteiger partial charge in [0.1, 0.15) is 17.0 Å². The number of esters is 1. The summed E-state index contributed by atoms with van der Waals surface area (Å²) in [6, 6.07) is 11.8. The molecule has 0 bridgehead atoms. The van der Waals surface area contributed by atoms with Gasteiger partial charge in [0.25, 0.3) is 0 Å². The maximum atomic E-state index is 13.4. The third-order valence-corrected chi connectivity index (χ3v) is 8.33. The molecule has 0 spiro atoms. The Kier molecular flexibility index (Phi) is 7.85. The summed E-state index contributed by atoms with van der Waals surface area (Å²) in [5.74, 6) is -1.83. The summed E-state index contributed by atoms with van der Waals surface area (Å²) in [5.41, 5.74) is -1.12. The Morgan fingerprint density at radius 2 is 1.41 bits per heavy atom. The molecule has 4 rings (SSSR count). The van der Waals surface area contributed by atoms with Crippen LogP contribution in [-0.4, -0.2) is 53.2 Å². The van der Waals surface area contributed by atoms with Crippen LogP contribution in [-0.2, 0) is 9.53 Å². The molecule has 4 unspecified atom stereocenters. The van der Waals surface area contributed by atoms with E-state index in [1.807, 2.05) is 6.92 Å². The van der Waals surface area contributed by atoms with Gasteiger partial charge in [-0.2, -0.15) is 0 Å². The van der Waals surface area contributed by atoms with E-state index in [4.69, 9.17) is 9.47 Å². The number of benzene rings is 2. The van der Waals surface area contributed by atoms with Crippen molar-refractivity contribution in [1.29, 1.82) is 0 Å². The van der Waals surface area contributed by atoms with Gasteiger partial charge in [-0.15, -0.1) is 0 Å². The van der Waals surface area contributed by atoms with Crippen LogP contribution in [0.15, 0.2) is 42.5 Å². The van der Waals surface area contributed by atoms with Crippen LogP contribution < -0.4 is 4.74 Å². The molecule has 2 aliphatic rings. The second-order valence-corrected chi connectivity index (χ2v) is 10.5. The number of carbonyl (C=O) groups excluding carboxylic acids is 3. The van der Waals surface area contributed by atoms with Crippen molar-refractivity contribution in [2.75, 3.05) is 14.2 Å². The highest BCUT2D eigenvalue weighted by Crippen LogP contribution is 2.40. The normalized spacial score (nSPS) is 27.8. The van der Waals surface area contributed by atoms with E-state index in [1.165, 1.54) is 7.11 Å². The summed E-state index contributed by atoms with van der Waals surface area (Å²) in [7, 11) is 2.80. The van der Waals surface area contributed by atoms with Crippen LogP contribution in [0.25, 0.3) is 11.1 Å². The molecule has 2 aromatic rings. The lowest BCUT2D eigenvalue weighted by Gasteiger charge is -2.37. The van der Waals surface area contributed by atoms with Crippen LogP contribution in [0.4, 0.5) is 0 Å². The van der Waals surface area contributed by atoms with Crippen molar-refractivity contribution in [3.63, 3.8) is 0 Å². The number of methoxy groups -OCH3 is 2. The zero-order valence-corrected chi connectivity index (χ0v) is 21.8. The number of rotatable bonds is 7. The first-order valence-corrected chi connectivity index (χ1v) is 13.1. The predicted molar refractivity (Wildman–Crippen MR) is 139 cm³/mol. The van der Waals surface area contributed by atoms with Crippen LogP contribution in [0.5, 0.6) is 5.75 Å². The molecule has 0 heterocycles. The average Bonchev–Trinajstić information content (AvgIpc) is 2.93. The minimum Gasteiger partial charge on any atom is -0.496 e. The Morgan fingerprint density at radius 3 is 2.03 bits per heavy atom. The standard InChI is InChI=1S/C30H36O7/c1-19-8-4-6-16-29(19,34)27(32)22-14-15-25(36-2)23(18-22)20-10-12-21(13-11-20)26(31)30(35)17-7-5-9-24(30)28(33)37-3/h10-15,18-19,24,34-35H,4-9,16-17H2,1-3H3. The molecular weight excluding hydrogens is 472 g/mol.